The van der Waals surface area contributed by atoms with Crippen molar-refractivity contribution in [3.05, 3.63) is 48.2 Å². The SMILES string of the molecule is CCCn1c(C2CCN(C(=O)Nc3ccc(OC)c(F)c3)C2)nc2cccnc21. The number of aryl methyl sites for hydroxylation is 1. The highest BCUT2D eigenvalue weighted by molar-refractivity contribution is 5.89. The van der Waals surface area contributed by atoms with Gasteiger partial charge in [0.25, 0.3) is 0 Å². The second kappa shape index (κ2) is 8.06. The molecule has 0 saturated carbocycles. The van der Waals surface area contributed by atoms with E-state index in [1.165, 1.54) is 19.2 Å². The molecule has 1 aliphatic heterocycles. The number of pyridine rings is 1. The maximum absolute atomic E-state index is 13.9. The zero-order chi connectivity index (χ0) is 20.4. The molecular weight excluding hydrogens is 373 g/mol. The van der Waals surface area contributed by atoms with Gasteiger partial charge < -0.3 is 19.5 Å². The molecule has 3 aromatic rings. The quantitative estimate of drug-likeness (QED) is 0.706. The number of imidazole rings is 1. The predicted molar refractivity (Wildman–Crippen MR) is 109 cm³/mol. The molecule has 29 heavy (non-hydrogen) atoms. The molecule has 0 radical (unpaired) electrons. The molecular formula is C21H24FN5O2. The summed E-state index contributed by atoms with van der Waals surface area (Å²) >= 11 is 0. The van der Waals surface area contributed by atoms with E-state index in [-0.39, 0.29) is 17.7 Å². The number of amides is 2. The van der Waals surface area contributed by atoms with E-state index in [2.05, 4.69) is 21.8 Å². The van der Waals surface area contributed by atoms with Gasteiger partial charge in [-0.3, -0.25) is 0 Å². The first-order valence-electron chi connectivity index (χ1n) is 9.81. The van der Waals surface area contributed by atoms with Crippen LogP contribution >= 0.6 is 0 Å². The summed E-state index contributed by atoms with van der Waals surface area (Å²) in [6.45, 7) is 4.16. The number of urea groups is 1. The molecule has 1 saturated heterocycles. The average Bonchev–Trinajstić information content (AvgIpc) is 3.34. The van der Waals surface area contributed by atoms with Gasteiger partial charge in [-0.2, -0.15) is 0 Å². The molecule has 0 aliphatic carbocycles. The molecule has 152 valence electrons. The summed E-state index contributed by atoms with van der Waals surface area (Å²) in [5.74, 6) is 0.762. The van der Waals surface area contributed by atoms with Crippen LogP contribution in [0.15, 0.2) is 36.5 Å². The number of hydrogen-bond donors (Lipinski definition) is 1. The zero-order valence-electron chi connectivity index (χ0n) is 16.6. The third kappa shape index (κ3) is 3.74. The lowest BCUT2D eigenvalue weighted by Gasteiger charge is -2.18. The number of methoxy groups -OCH3 is 1. The minimum atomic E-state index is -0.509. The van der Waals surface area contributed by atoms with Crippen molar-refractivity contribution >= 4 is 22.9 Å². The second-order valence-corrected chi connectivity index (χ2v) is 7.18. The molecule has 1 aliphatic rings. The van der Waals surface area contributed by atoms with Gasteiger partial charge in [0.05, 0.1) is 7.11 Å². The molecule has 2 aromatic heterocycles. The topological polar surface area (TPSA) is 72.3 Å². The molecule has 3 heterocycles. The highest BCUT2D eigenvalue weighted by atomic mass is 19.1. The van der Waals surface area contributed by atoms with Crippen LogP contribution in [0.2, 0.25) is 0 Å². The van der Waals surface area contributed by atoms with E-state index >= 15 is 0 Å². The standard InChI is InChI=1S/C21H24FN5O2/c1-3-10-27-19(25-17-5-4-9-23-20(17)27)14-8-11-26(13-14)21(28)24-15-6-7-18(29-2)16(22)12-15/h4-7,9,12,14H,3,8,10-11,13H2,1-2H3,(H,24,28). The number of carbonyl (C=O) groups excluding carboxylic acids is 1. The van der Waals surface area contributed by atoms with E-state index in [9.17, 15) is 9.18 Å². The fraction of sp³-hybridized carbons (Fsp3) is 0.381. The van der Waals surface area contributed by atoms with Crippen LogP contribution in [0, 0.1) is 5.82 Å². The number of likely N-dealkylation sites (tertiary alicyclic amines) is 1. The van der Waals surface area contributed by atoms with Crippen molar-refractivity contribution in [2.75, 3.05) is 25.5 Å². The van der Waals surface area contributed by atoms with Crippen molar-refractivity contribution in [1.82, 2.24) is 19.4 Å². The Hall–Kier alpha value is -3.16. The molecule has 1 aromatic carbocycles. The lowest BCUT2D eigenvalue weighted by Crippen LogP contribution is -2.33. The molecule has 4 rings (SSSR count). The Balaban J connectivity index is 1.49. The number of nitrogens with one attached hydrogen (secondary N) is 1. The summed E-state index contributed by atoms with van der Waals surface area (Å²) in [5, 5.41) is 2.77. The largest absolute Gasteiger partial charge is 0.494 e. The summed E-state index contributed by atoms with van der Waals surface area (Å²) in [6, 6.07) is 8.00. The first-order chi connectivity index (χ1) is 14.1. The van der Waals surface area contributed by atoms with Gasteiger partial charge >= 0.3 is 6.03 Å². The zero-order valence-corrected chi connectivity index (χ0v) is 16.6. The van der Waals surface area contributed by atoms with E-state index in [1.54, 1.807) is 17.2 Å². The maximum atomic E-state index is 13.9. The van der Waals surface area contributed by atoms with Gasteiger partial charge in [-0.25, -0.2) is 19.2 Å². The van der Waals surface area contributed by atoms with Crippen LogP contribution in [-0.2, 0) is 6.54 Å². The summed E-state index contributed by atoms with van der Waals surface area (Å²) < 4.78 is 21.0. The number of fused-ring (bicyclic) bond motifs is 1. The molecule has 1 N–H and O–H groups in total. The molecule has 1 atom stereocenters. The molecule has 1 unspecified atom stereocenters. The van der Waals surface area contributed by atoms with Crippen molar-refractivity contribution in [1.29, 1.82) is 0 Å². The van der Waals surface area contributed by atoms with Crippen LogP contribution in [0.5, 0.6) is 5.75 Å². The maximum Gasteiger partial charge on any atom is 0.321 e. The van der Waals surface area contributed by atoms with Gasteiger partial charge in [0, 0.05) is 43.5 Å². The fourth-order valence-electron chi connectivity index (χ4n) is 3.83. The Kier molecular flexibility index (Phi) is 5.33. The number of rotatable bonds is 5. The monoisotopic (exact) mass is 397 g/mol. The molecule has 8 heteroatoms. The van der Waals surface area contributed by atoms with Gasteiger partial charge in [0.1, 0.15) is 11.3 Å². The van der Waals surface area contributed by atoms with E-state index in [0.717, 1.165) is 36.4 Å². The van der Waals surface area contributed by atoms with Gasteiger partial charge in [0.15, 0.2) is 17.2 Å². The van der Waals surface area contributed by atoms with Crippen molar-refractivity contribution in [3.63, 3.8) is 0 Å². The number of ether oxygens (including phenoxy) is 1. The summed E-state index contributed by atoms with van der Waals surface area (Å²) in [7, 11) is 1.41. The number of anilines is 1. The number of benzene rings is 1. The van der Waals surface area contributed by atoms with Crippen LogP contribution in [-0.4, -0.2) is 45.7 Å². The fourth-order valence-corrected chi connectivity index (χ4v) is 3.83. The Labute approximate surface area is 168 Å². The van der Waals surface area contributed by atoms with Gasteiger partial charge in [-0.1, -0.05) is 6.92 Å². The van der Waals surface area contributed by atoms with Crippen molar-refractivity contribution in [2.24, 2.45) is 0 Å². The van der Waals surface area contributed by atoms with Crippen LogP contribution in [0.25, 0.3) is 11.2 Å². The van der Waals surface area contributed by atoms with E-state index in [1.807, 2.05) is 12.1 Å². The summed E-state index contributed by atoms with van der Waals surface area (Å²) in [4.78, 5) is 23.7. The lowest BCUT2D eigenvalue weighted by molar-refractivity contribution is 0.222. The third-order valence-corrected chi connectivity index (χ3v) is 5.22. The van der Waals surface area contributed by atoms with Crippen LogP contribution < -0.4 is 10.1 Å². The number of nitrogens with zero attached hydrogens (tertiary/aromatic N) is 4. The molecule has 2 amide bonds. The van der Waals surface area contributed by atoms with Crippen LogP contribution in [0.3, 0.4) is 0 Å². The van der Waals surface area contributed by atoms with Gasteiger partial charge in [-0.05, 0) is 37.1 Å². The van der Waals surface area contributed by atoms with E-state index in [0.29, 0.717) is 18.8 Å². The van der Waals surface area contributed by atoms with Crippen molar-refractivity contribution in [3.8, 4) is 5.75 Å². The third-order valence-electron chi connectivity index (χ3n) is 5.22. The highest BCUT2D eigenvalue weighted by Gasteiger charge is 2.31. The molecule has 0 spiro atoms. The first kappa shape index (κ1) is 19.2. The molecule has 0 bridgehead atoms. The summed E-state index contributed by atoms with van der Waals surface area (Å²) in [5.41, 5.74) is 2.17. The normalized spacial score (nSPS) is 16.4. The van der Waals surface area contributed by atoms with E-state index in [4.69, 9.17) is 9.72 Å². The van der Waals surface area contributed by atoms with Crippen LogP contribution in [0.1, 0.15) is 31.5 Å². The van der Waals surface area contributed by atoms with Gasteiger partial charge in [-0.15, -0.1) is 0 Å². The molecule has 7 nitrogen and oxygen atoms in total. The highest BCUT2D eigenvalue weighted by Crippen LogP contribution is 2.30. The molecule has 1 fully saturated rings. The second-order valence-electron chi connectivity index (χ2n) is 7.18. The Morgan fingerprint density at radius 3 is 3.00 bits per heavy atom. The average molecular weight is 397 g/mol. The number of hydrogen-bond acceptors (Lipinski definition) is 4. The Morgan fingerprint density at radius 1 is 1.38 bits per heavy atom. The Bertz CT molecular complexity index is 1040. The van der Waals surface area contributed by atoms with Crippen molar-refractivity contribution in [2.45, 2.75) is 32.2 Å². The van der Waals surface area contributed by atoms with Crippen molar-refractivity contribution < 1.29 is 13.9 Å². The number of aromatic nitrogens is 3. The number of carbonyl (C=O) groups is 1. The predicted octanol–water partition coefficient (Wildman–Crippen LogP) is 4.01. The smallest absolute Gasteiger partial charge is 0.321 e. The van der Waals surface area contributed by atoms with Crippen LogP contribution in [0.4, 0.5) is 14.9 Å². The van der Waals surface area contributed by atoms with Gasteiger partial charge in [0.2, 0.25) is 0 Å². The minimum Gasteiger partial charge on any atom is -0.494 e. The first-order valence-corrected chi connectivity index (χ1v) is 9.81. The summed E-state index contributed by atoms with van der Waals surface area (Å²) in [6.07, 6.45) is 3.59. The number of halogens is 1. The van der Waals surface area contributed by atoms with E-state index < -0.39 is 5.82 Å². The Morgan fingerprint density at radius 2 is 2.24 bits per heavy atom. The minimum absolute atomic E-state index is 0.146. The lowest BCUT2D eigenvalue weighted by atomic mass is 10.1.